The minimum atomic E-state index is -3.64. The molecule has 0 bridgehead atoms. The van der Waals surface area contributed by atoms with Crippen LogP contribution >= 0.6 is 0 Å². The molecule has 30 heavy (non-hydrogen) atoms. The number of sulfonamides is 1. The number of hydrogen-bond acceptors (Lipinski definition) is 6. The third kappa shape index (κ3) is 2.28. The van der Waals surface area contributed by atoms with Gasteiger partial charge in [-0.1, -0.05) is 6.07 Å². The molecule has 10 heteroatoms. The summed E-state index contributed by atoms with van der Waals surface area (Å²) in [4.78, 5) is 16.7. The molecule has 2 aliphatic carbocycles. The Labute approximate surface area is 174 Å². The fraction of sp³-hybridized carbons (Fsp3) is 0.350. The first-order valence-electron chi connectivity index (χ1n) is 9.54. The molecule has 1 atom stereocenters. The second-order valence-corrected chi connectivity index (χ2v) is 10.2. The van der Waals surface area contributed by atoms with Crippen molar-refractivity contribution in [3.8, 4) is 5.75 Å². The van der Waals surface area contributed by atoms with Crippen molar-refractivity contribution >= 4 is 27.6 Å². The van der Waals surface area contributed by atoms with E-state index in [4.69, 9.17) is 10.1 Å². The first-order valence-corrected chi connectivity index (χ1v) is 11.0. The van der Waals surface area contributed by atoms with Gasteiger partial charge in [0.2, 0.25) is 16.0 Å². The Kier molecular flexibility index (Phi) is 3.74. The highest BCUT2D eigenvalue weighted by Crippen LogP contribution is 2.63. The fourth-order valence-electron chi connectivity index (χ4n) is 4.62. The Balaban J connectivity index is 1.47. The van der Waals surface area contributed by atoms with E-state index >= 15 is 0 Å². The second-order valence-electron chi connectivity index (χ2n) is 7.93. The summed E-state index contributed by atoms with van der Waals surface area (Å²) in [6.07, 6.45) is 3.10. The number of methoxy groups -OCH3 is 1. The van der Waals surface area contributed by atoms with Crippen LogP contribution in [0.4, 0.5) is 5.69 Å². The zero-order valence-corrected chi connectivity index (χ0v) is 17.3. The molecule has 1 saturated carbocycles. The number of ether oxygens (including phenoxy) is 1. The molecule has 2 aromatic rings. The van der Waals surface area contributed by atoms with Gasteiger partial charge in [-0.2, -0.15) is 0 Å². The SMILES string of the molecule is COc1ccc(C(=O)Nc2ccc3c(c2)[C@@]2(C3)NC(=N)N(C)S(=O)(=O)C23CC3)nc1. The predicted molar refractivity (Wildman–Crippen MR) is 110 cm³/mol. The van der Waals surface area contributed by atoms with E-state index in [1.807, 2.05) is 6.07 Å². The van der Waals surface area contributed by atoms with E-state index in [2.05, 4.69) is 15.6 Å². The zero-order valence-electron chi connectivity index (χ0n) is 16.5. The highest BCUT2D eigenvalue weighted by Gasteiger charge is 2.75. The first kappa shape index (κ1) is 18.9. The summed E-state index contributed by atoms with van der Waals surface area (Å²) in [5.41, 5.74) is 1.80. The van der Waals surface area contributed by atoms with Gasteiger partial charge in [-0.15, -0.1) is 0 Å². The predicted octanol–water partition coefficient (Wildman–Crippen LogP) is 1.43. The van der Waals surface area contributed by atoms with Crippen molar-refractivity contribution in [2.75, 3.05) is 19.5 Å². The maximum atomic E-state index is 13.1. The summed E-state index contributed by atoms with van der Waals surface area (Å²) < 4.78 is 31.3. The summed E-state index contributed by atoms with van der Waals surface area (Å²) in [5.74, 6) is 0.0557. The molecule has 5 rings (SSSR count). The van der Waals surface area contributed by atoms with E-state index in [0.29, 0.717) is 30.7 Å². The van der Waals surface area contributed by atoms with Crippen LogP contribution in [0.15, 0.2) is 36.5 Å². The number of carbonyl (C=O) groups excluding carboxylic acids is 1. The number of guanidine groups is 1. The maximum absolute atomic E-state index is 13.1. The van der Waals surface area contributed by atoms with Crippen LogP contribution in [0.1, 0.15) is 34.5 Å². The van der Waals surface area contributed by atoms with Crippen LogP contribution in [-0.2, 0) is 22.0 Å². The van der Waals surface area contributed by atoms with Gasteiger partial charge in [-0.05, 0) is 48.2 Å². The van der Waals surface area contributed by atoms with E-state index in [-0.39, 0.29) is 17.6 Å². The number of benzene rings is 1. The number of amides is 1. The first-order chi connectivity index (χ1) is 14.2. The average Bonchev–Trinajstić information content (AvgIpc) is 3.54. The monoisotopic (exact) mass is 427 g/mol. The highest BCUT2D eigenvalue weighted by molar-refractivity contribution is 7.91. The van der Waals surface area contributed by atoms with Crippen molar-refractivity contribution in [1.82, 2.24) is 14.6 Å². The van der Waals surface area contributed by atoms with Crippen molar-refractivity contribution in [2.45, 2.75) is 29.5 Å². The smallest absolute Gasteiger partial charge is 0.274 e. The highest BCUT2D eigenvalue weighted by atomic mass is 32.2. The van der Waals surface area contributed by atoms with Crippen LogP contribution in [0.2, 0.25) is 0 Å². The number of anilines is 1. The van der Waals surface area contributed by atoms with Gasteiger partial charge >= 0.3 is 0 Å². The molecule has 2 heterocycles. The molecule has 3 N–H and O–H groups in total. The summed E-state index contributed by atoms with van der Waals surface area (Å²) in [5, 5.41) is 14.1. The van der Waals surface area contributed by atoms with Crippen molar-refractivity contribution < 1.29 is 17.9 Å². The topological polar surface area (TPSA) is 124 Å². The standard InChI is InChI=1S/C20H21N5O4S/c1-25-18(21)24-20(19(7-8-19)30(25,27)28)10-12-3-4-13(9-15(12)20)23-17(26)16-6-5-14(29-2)11-22-16/h3-6,9,11H,7-8,10H2,1-2H3,(H2,21,24)(H,23,26)/t20-/m1/s1. The van der Waals surface area contributed by atoms with Crippen LogP contribution in [0.25, 0.3) is 0 Å². The Bertz CT molecular complexity index is 1190. The van der Waals surface area contributed by atoms with Crippen LogP contribution in [-0.4, -0.2) is 48.5 Å². The molecule has 2 fully saturated rings. The van der Waals surface area contributed by atoms with Crippen LogP contribution in [0, 0.1) is 5.41 Å². The molecule has 1 aromatic carbocycles. The quantitative estimate of drug-likeness (QED) is 0.681. The molecule has 9 nitrogen and oxygen atoms in total. The number of aromatic nitrogens is 1. The van der Waals surface area contributed by atoms with Gasteiger partial charge in [-0.25, -0.2) is 17.7 Å². The van der Waals surface area contributed by atoms with Crippen LogP contribution in [0.5, 0.6) is 5.75 Å². The third-order valence-corrected chi connectivity index (χ3v) is 9.12. The number of nitrogens with zero attached hydrogens (tertiary/aromatic N) is 2. The number of fused-ring (bicyclic) bond motifs is 3. The largest absolute Gasteiger partial charge is 0.495 e. The molecule has 0 radical (unpaired) electrons. The number of rotatable bonds is 3. The van der Waals surface area contributed by atoms with Gasteiger partial charge in [0.1, 0.15) is 16.2 Å². The molecular formula is C20H21N5O4S. The van der Waals surface area contributed by atoms with E-state index in [1.54, 1.807) is 24.3 Å². The van der Waals surface area contributed by atoms with Crippen molar-refractivity contribution in [3.05, 3.63) is 53.3 Å². The number of pyridine rings is 1. The lowest BCUT2D eigenvalue weighted by Gasteiger charge is -2.54. The number of hydrogen-bond donors (Lipinski definition) is 3. The summed E-state index contributed by atoms with van der Waals surface area (Å²) in [7, 11) is -0.699. The van der Waals surface area contributed by atoms with Crippen LogP contribution in [0.3, 0.4) is 0 Å². The molecule has 3 aliphatic rings. The molecule has 1 saturated heterocycles. The van der Waals surface area contributed by atoms with E-state index in [0.717, 1.165) is 15.4 Å². The second kappa shape index (κ2) is 5.94. The summed E-state index contributed by atoms with van der Waals surface area (Å²) >= 11 is 0. The van der Waals surface area contributed by atoms with Gasteiger partial charge in [0.05, 0.1) is 18.8 Å². The van der Waals surface area contributed by atoms with Gasteiger partial charge < -0.3 is 15.4 Å². The lowest BCUT2D eigenvalue weighted by atomic mass is 9.67. The third-order valence-electron chi connectivity index (χ3n) is 6.47. The average molecular weight is 427 g/mol. The number of nitrogens with one attached hydrogen (secondary N) is 3. The van der Waals surface area contributed by atoms with Crippen molar-refractivity contribution in [3.63, 3.8) is 0 Å². The number of carbonyl (C=O) groups is 1. The van der Waals surface area contributed by atoms with Gasteiger partial charge in [0.15, 0.2) is 0 Å². The Morgan fingerprint density at radius 2 is 2.07 bits per heavy atom. The van der Waals surface area contributed by atoms with Gasteiger partial charge in [-0.3, -0.25) is 10.2 Å². The molecule has 1 aromatic heterocycles. The normalized spacial score (nSPS) is 24.6. The van der Waals surface area contributed by atoms with E-state index in [9.17, 15) is 13.2 Å². The summed E-state index contributed by atoms with van der Waals surface area (Å²) in [6.45, 7) is 0. The minimum Gasteiger partial charge on any atom is -0.495 e. The van der Waals surface area contributed by atoms with Crippen molar-refractivity contribution in [2.24, 2.45) is 0 Å². The van der Waals surface area contributed by atoms with E-state index in [1.165, 1.54) is 20.4 Å². The fourth-order valence-corrected chi connectivity index (χ4v) is 6.73. The molecule has 1 aliphatic heterocycles. The van der Waals surface area contributed by atoms with Crippen LogP contribution < -0.4 is 15.4 Å². The van der Waals surface area contributed by atoms with Gasteiger partial charge in [0, 0.05) is 19.2 Å². The molecule has 2 spiro atoms. The van der Waals surface area contributed by atoms with Gasteiger partial charge in [0.25, 0.3) is 5.91 Å². The summed E-state index contributed by atoms with van der Waals surface area (Å²) in [6, 6.07) is 8.72. The lowest BCUT2D eigenvalue weighted by Crippen LogP contribution is -2.72. The van der Waals surface area contributed by atoms with E-state index < -0.39 is 20.3 Å². The Morgan fingerprint density at radius 1 is 1.30 bits per heavy atom. The molecule has 0 unspecified atom stereocenters. The minimum absolute atomic E-state index is 0.130. The maximum Gasteiger partial charge on any atom is 0.274 e. The Morgan fingerprint density at radius 3 is 2.70 bits per heavy atom. The molecule has 156 valence electrons. The lowest BCUT2D eigenvalue weighted by molar-refractivity contribution is 0.102. The molecular weight excluding hydrogens is 406 g/mol. The molecule has 1 amide bonds. The Hall–Kier alpha value is -3.14. The zero-order chi connectivity index (χ0) is 21.3. The van der Waals surface area contributed by atoms with Crippen molar-refractivity contribution in [1.29, 1.82) is 5.41 Å².